The highest BCUT2D eigenvalue weighted by Gasteiger charge is 2.42. The standard InChI is InChI=1S/C36H44BrNO6/c1-36(2,25-12-8-7-9-13-25)27-14-10-11-15-30(27)44-35(39)38-17-16-23-19-31(40-3)33(42-5)21-26(23)29(38)18-24-20-32(41-4)34(43-6)22-28(24)37/h7-9,12-13,19-22,27,29-30H,10-11,14-18H2,1-6H3/t27-,29-,30-/m0/s1. The minimum Gasteiger partial charge on any atom is -0.493 e. The largest absolute Gasteiger partial charge is 0.493 e. The molecule has 1 aliphatic heterocycles. The zero-order valence-electron chi connectivity index (χ0n) is 26.7. The number of fused-ring (bicyclic) bond motifs is 1. The molecule has 7 nitrogen and oxygen atoms in total. The molecule has 44 heavy (non-hydrogen) atoms. The number of rotatable bonds is 9. The second-order valence-electron chi connectivity index (χ2n) is 12.3. The average Bonchev–Trinajstić information content (AvgIpc) is 3.05. The maximum atomic E-state index is 14.3. The number of carbonyl (C=O) groups is 1. The lowest BCUT2D eigenvalue weighted by Gasteiger charge is -2.44. The van der Waals surface area contributed by atoms with E-state index in [-0.39, 0.29) is 29.6 Å². The lowest BCUT2D eigenvalue weighted by atomic mass is 9.66. The highest BCUT2D eigenvalue weighted by Crippen LogP contribution is 2.45. The number of ether oxygens (including phenoxy) is 5. The van der Waals surface area contributed by atoms with E-state index in [4.69, 9.17) is 23.7 Å². The first-order chi connectivity index (χ1) is 21.2. The van der Waals surface area contributed by atoms with Crippen molar-refractivity contribution in [2.45, 2.75) is 69.9 Å². The van der Waals surface area contributed by atoms with Gasteiger partial charge in [0.15, 0.2) is 23.0 Å². The zero-order valence-corrected chi connectivity index (χ0v) is 28.2. The number of carbonyl (C=O) groups excluding carboxylic acids is 1. The number of hydrogen-bond acceptors (Lipinski definition) is 6. The Kier molecular flexibility index (Phi) is 9.98. The summed E-state index contributed by atoms with van der Waals surface area (Å²) < 4.78 is 29.9. The molecule has 0 spiro atoms. The van der Waals surface area contributed by atoms with Gasteiger partial charge in [-0.15, -0.1) is 0 Å². The normalized spacial score (nSPS) is 20.0. The molecule has 0 radical (unpaired) electrons. The molecule has 3 aromatic rings. The van der Waals surface area contributed by atoms with Gasteiger partial charge in [-0.1, -0.05) is 66.5 Å². The molecule has 1 heterocycles. The van der Waals surface area contributed by atoms with Gasteiger partial charge in [0.25, 0.3) is 0 Å². The van der Waals surface area contributed by atoms with Crippen LogP contribution in [0.2, 0.25) is 0 Å². The van der Waals surface area contributed by atoms with E-state index in [0.29, 0.717) is 42.4 Å². The second kappa shape index (κ2) is 13.7. The van der Waals surface area contributed by atoms with Crippen molar-refractivity contribution in [2.24, 2.45) is 5.92 Å². The van der Waals surface area contributed by atoms with Crippen LogP contribution in [0.1, 0.15) is 67.8 Å². The topological polar surface area (TPSA) is 66.5 Å². The minimum atomic E-state index is -0.287. The molecule has 2 aliphatic rings. The third-order valence-corrected chi connectivity index (χ3v) is 10.3. The van der Waals surface area contributed by atoms with Crippen LogP contribution in [0.3, 0.4) is 0 Å². The van der Waals surface area contributed by atoms with Crippen LogP contribution >= 0.6 is 15.9 Å². The molecule has 1 amide bonds. The molecule has 3 aromatic carbocycles. The van der Waals surface area contributed by atoms with Gasteiger partial charge < -0.3 is 28.6 Å². The monoisotopic (exact) mass is 665 g/mol. The number of nitrogens with zero attached hydrogens (tertiary/aromatic N) is 1. The second-order valence-corrected chi connectivity index (χ2v) is 13.1. The van der Waals surface area contributed by atoms with Gasteiger partial charge in [0.05, 0.1) is 34.5 Å². The summed E-state index contributed by atoms with van der Waals surface area (Å²) in [5.74, 6) is 2.81. The van der Waals surface area contributed by atoms with Crippen LogP contribution in [-0.4, -0.2) is 52.1 Å². The van der Waals surface area contributed by atoms with Crippen molar-refractivity contribution in [3.8, 4) is 23.0 Å². The van der Waals surface area contributed by atoms with E-state index in [1.54, 1.807) is 28.4 Å². The smallest absolute Gasteiger partial charge is 0.410 e. The van der Waals surface area contributed by atoms with Crippen LogP contribution in [0, 0.1) is 5.92 Å². The Morgan fingerprint density at radius 3 is 2.16 bits per heavy atom. The van der Waals surface area contributed by atoms with Gasteiger partial charge in [-0.2, -0.15) is 0 Å². The lowest BCUT2D eigenvalue weighted by molar-refractivity contribution is -0.0130. The number of methoxy groups -OCH3 is 4. The van der Waals surface area contributed by atoms with Gasteiger partial charge in [0, 0.05) is 16.9 Å². The lowest BCUT2D eigenvalue weighted by Crippen LogP contribution is -2.47. The van der Waals surface area contributed by atoms with E-state index < -0.39 is 0 Å². The Morgan fingerprint density at radius 1 is 0.864 bits per heavy atom. The zero-order chi connectivity index (χ0) is 31.4. The maximum absolute atomic E-state index is 14.3. The Bertz CT molecular complexity index is 1460. The molecule has 236 valence electrons. The van der Waals surface area contributed by atoms with Crippen molar-refractivity contribution in [1.82, 2.24) is 4.90 Å². The summed E-state index contributed by atoms with van der Waals surface area (Å²) in [5.41, 5.74) is 4.30. The highest BCUT2D eigenvalue weighted by molar-refractivity contribution is 9.10. The van der Waals surface area contributed by atoms with Crippen molar-refractivity contribution in [3.63, 3.8) is 0 Å². The Morgan fingerprint density at radius 2 is 1.48 bits per heavy atom. The molecular weight excluding hydrogens is 622 g/mol. The molecule has 1 fully saturated rings. The molecular formula is C36H44BrNO6. The van der Waals surface area contributed by atoms with Crippen molar-refractivity contribution in [1.29, 1.82) is 0 Å². The molecule has 1 aliphatic carbocycles. The highest BCUT2D eigenvalue weighted by atomic mass is 79.9. The van der Waals surface area contributed by atoms with E-state index in [9.17, 15) is 4.79 Å². The van der Waals surface area contributed by atoms with Gasteiger partial charge >= 0.3 is 6.09 Å². The fraction of sp³-hybridized carbons (Fsp3) is 0.472. The summed E-state index contributed by atoms with van der Waals surface area (Å²) in [6.45, 7) is 5.11. The molecule has 5 rings (SSSR count). The predicted molar refractivity (Wildman–Crippen MR) is 175 cm³/mol. The van der Waals surface area contributed by atoms with Gasteiger partial charge in [0.1, 0.15) is 6.10 Å². The summed E-state index contributed by atoms with van der Waals surface area (Å²) in [5, 5.41) is 0. The quantitative estimate of drug-likeness (QED) is 0.229. The minimum absolute atomic E-state index is 0.130. The van der Waals surface area contributed by atoms with Gasteiger partial charge in [-0.05, 0) is 84.0 Å². The molecule has 1 saturated carbocycles. The molecule has 0 saturated heterocycles. The first-order valence-corrected chi connectivity index (χ1v) is 16.2. The SMILES string of the molecule is COc1cc(Br)c(C[C@H]2c3cc(OC)c(OC)cc3CCN2C(=O)O[C@H]2CCCC[C@@H]2C(C)(C)c2ccccc2)cc1OC. The number of hydrogen-bond donors (Lipinski definition) is 0. The fourth-order valence-electron chi connectivity index (χ4n) is 7.07. The van der Waals surface area contributed by atoms with E-state index in [1.165, 1.54) is 5.56 Å². The Labute approximate surface area is 269 Å². The molecule has 3 atom stereocenters. The Hall–Kier alpha value is -3.39. The number of halogens is 1. The van der Waals surface area contributed by atoms with E-state index in [1.807, 2.05) is 35.2 Å². The molecule has 0 N–H and O–H groups in total. The van der Waals surface area contributed by atoms with Crippen LogP contribution < -0.4 is 18.9 Å². The van der Waals surface area contributed by atoms with E-state index in [0.717, 1.165) is 46.8 Å². The van der Waals surface area contributed by atoms with E-state index >= 15 is 0 Å². The summed E-state index contributed by atoms with van der Waals surface area (Å²) in [6.07, 6.45) is 4.90. The Balaban J connectivity index is 1.49. The van der Waals surface area contributed by atoms with Gasteiger partial charge in [0.2, 0.25) is 0 Å². The number of benzene rings is 3. The van der Waals surface area contributed by atoms with Crippen LogP contribution in [0.4, 0.5) is 4.79 Å². The van der Waals surface area contributed by atoms with Crippen molar-refractivity contribution < 1.29 is 28.5 Å². The first-order valence-electron chi connectivity index (χ1n) is 15.4. The van der Waals surface area contributed by atoms with Crippen molar-refractivity contribution in [3.05, 3.63) is 81.3 Å². The van der Waals surface area contributed by atoms with Crippen LogP contribution in [0.15, 0.2) is 59.1 Å². The van der Waals surface area contributed by atoms with Gasteiger partial charge in [-0.25, -0.2) is 4.79 Å². The van der Waals surface area contributed by atoms with Gasteiger partial charge in [-0.3, -0.25) is 0 Å². The van der Waals surface area contributed by atoms with Crippen LogP contribution in [0.25, 0.3) is 0 Å². The third-order valence-electron chi connectivity index (χ3n) is 9.60. The summed E-state index contributed by atoms with van der Waals surface area (Å²) >= 11 is 3.74. The fourth-order valence-corrected chi connectivity index (χ4v) is 7.55. The molecule has 0 unspecified atom stereocenters. The number of amides is 1. The summed E-state index contributed by atoms with van der Waals surface area (Å²) in [6, 6.07) is 18.2. The first kappa shape index (κ1) is 32.0. The maximum Gasteiger partial charge on any atom is 0.410 e. The summed E-state index contributed by atoms with van der Waals surface area (Å²) in [4.78, 5) is 16.2. The average molecular weight is 667 g/mol. The van der Waals surface area contributed by atoms with Crippen molar-refractivity contribution in [2.75, 3.05) is 35.0 Å². The summed E-state index contributed by atoms with van der Waals surface area (Å²) in [7, 11) is 6.53. The predicted octanol–water partition coefficient (Wildman–Crippen LogP) is 8.30. The molecule has 0 aromatic heterocycles. The van der Waals surface area contributed by atoms with Crippen LogP contribution in [-0.2, 0) is 23.0 Å². The third kappa shape index (κ3) is 6.37. The molecule has 8 heteroatoms. The van der Waals surface area contributed by atoms with Crippen molar-refractivity contribution >= 4 is 22.0 Å². The van der Waals surface area contributed by atoms with E-state index in [2.05, 4.69) is 54.0 Å². The molecule has 0 bridgehead atoms. The van der Waals surface area contributed by atoms with Crippen LogP contribution in [0.5, 0.6) is 23.0 Å².